The third-order valence-corrected chi connectivity index (χ3v) is 5.92. The molecule has 1 fully saturated rings. The Kier molecular flexibility index (Phi) is 5.06. The Hall–Kier alpha value is -2.83. The highest BCUT2D eigenvalue weighted by atomic mass is 16.7. The maximum absolute atomic E-state index is 12.9. The third kappa shape index (κ3) is 4.13. The number of fused-ring (bicyclic) bond motifs is 1. The highest BCUT2D eigenvalue weighted by Gasteiger charge is 2.34. The molecule has 0 saturated carbocycles. The first kappa shape index (κ1) is 19.5. The average Bonchev–Trinajstić information content (AvgIpc) is 3.13. The number of likely N-dealkylation sites (tertiary alicyclic amines) is 1. The smallest absolute Gasteiger partial charge is 0.267 e. The first-order chi connectivity index (χ1) is 13.8. The van der Waals surface area contributed by atoms with Crippen LogP contribution >= 0.6 is 0 Å². The molecule has 0 spiro atoms. The van der Waals surface area contributed by atoms with Crippen molar-refractivity contribution in [1.29, 1.82) is 0 Å². The molecule has 1 saturated heterocycles. The molecule has 1 atom stereocenters. The van der Waals surface area contributed by atoms with Crippen molar-refractivity contribution in [1.82, 2.24) is 14.7 Å². The molecule has 1 aromatic carbocycles. The maximum Gasteiger partial charge on any atom is 0.267 e. The molecule has 2 aromatic rings. The van der Waals surface area contributed by atoms with Crippen molar-refractivity contribution in [2.75, 3.05) is 19.9 Å². The van der Waals surface area contributed by atoms with Crippen molar-refractivity contribution < 1.29 is 14.3 Å². The topological polar surface area (TPSA) is 73.7 Å². The summed E-state index contributed by atoms with van der Waals surface area (Å²) in [5.41, 5.74) is 2.53. The molecule has 2 aliphatic rings. The second-order valence-corrected chi connectivity index (χ2v) is 8.50. The van der Waals surface area contributed by atoms with Gasteiger partial charge in [0, 0.05) is 19.2 Å². The van der Waals surface area contributed by atoms with E-state index < -0.39 is 0 Å². The summed E-state index contributed by atoms with van der Waals surface area (Å²) in [6, 6.07) is 7.59. The summed E-state index contributed by atoms with van der Waals surface area (Å²) < 4.78 is 12.2. The standard InChI is InChI=1S/C22H27N3O4/c1-15-9-20(26)25(23-16(15)2)12-21(27)24-8-4-7-22(3,13-24)11-17-5-6-18-19(10-17)29-14-28-18/h5-6,9-10H,4,7-8,11-14H2,1-3H3. The molecule has 7 nitrogen and oxygen atoms in total. The summed E-state index contributed by atoms with van der Waals surface area (Å²) >= 11 is 0. The molecule has 29 heavy (non-hydrogen) atoms. The van der Waals surface area contributed by atoms with Gasteiger partial charge in [-0.3, -0.25) is 9.59 Å². The van der Waals surface area contributed by atoms with E-state index >= 15 is 0 Å². The quantitative estimate of drug-likeness (QED) is 0.792. The van der Waals surface area contributed by atoms with Gasteiger partial charge < -0.3 is 14.4 Å². The molecule has 0 radical (unpaired) electrons. The molecule has 2 aliphatic heterocycles. The summed E-state index contributed by atoms with van der Waals surface area (Å²) in [5, 5.41) is 4.28. The number of piperidine rings is 1. The van der Waals surface area contributed by atoms with Crippen LogP contribution in [0.15, 0.2) is 29.1 Å². The summed E-state index contributed by atoms with van der Waals surface area (Å²) in [6.07, 6.45) is 2.85. The Morgan fingerprint density at radius 1 is 1.21 bits per heavy atom. The van der Waals surface area contributed by atoms with Gasteiger partial charge in [-0.1, -0.05) is 13.0 Å². The van der Waals surface area contributed by atoms with Crippen molar-refractivity contribution in [2.24, 2.45) is 5.41 Å². The summed E-state index contributed by atoms with van der Waals surface area (Å²) in [6.45, 7) is 7.55. The van der Waals surface area contributed by atoms with Crippen LogP contribution in [0.3, 0.4) is 0 Å². The van der Waals surface area contributed by atoms with Crippen LogP contribution < -0.4 is 15.0 Å². The first-order valence-corrected chi connectivity index (χ1v) is 10.0. The summed E-state index contributed by atoms with van der Waals surface area (Å²) in [4.78, 5) is 27.0. The van der Waals surface area contributed by atoms with Gasteiger partial charge in [-0.05, 0) is 61.8 Å². The lowest BCUT2D eigenvalue weighted by Gasteiger charge is -2.40. The zero-order chi connectivity index (χ0) is 20.6. The number of amides is 1. The number of hydrogen-bond donors (Lipinski definition) is 0. The molecular formula is C22H27N3O4. The number of aromatic nitrogens is 2. The van der Waals surface area contributed by atoms with E-state index in [9.17, 15) is 9.59 Å². The average molecular weight is 397 g/mol. The van der Waals surface area contributed by atoms with E-state index in [1.807, 2.05) is 30.9 Å². The van der Waals surface area contributed by atoms with Crippen molar-refractivity contribution in [3.05, 3.63) is 51.4 Å². The van der Waals surface area contributed by atoms with Gasteiger partial charge in [0.15, 0.2) is 11.5 Å². The Balaban J connectivity index is 1.45. The lowest BCUT2D eigenvalue weighted by atomic mass is 9.77. The van der Waals surface area contributed by atoms with Gasteiger partial charge in [0.1, 0.15) is 6.54 Å². The van der Waals surface area contributed by atoms with Crippen LogP contribution in [0.5, 0.6) is 11.5 Å². The van der Waals surface area contributed by atoms with E-state index in [4.69, 9.17) is 9.47 Å². The van der Waals surface area contributed by atoms with E-state index in [0.29, 0.717) is 6.54 Å². The fourth-order valence-corrected chi connectivity index (χ4v) is 4.23. The molecule has 1 amide bonds. The monoisotopic (exact) mass is 397 g/mol. The predicted octanol–water partition coefficient (Wildman–Crippen LogP) is 2.46. The number of aryl methyl sites for hydroxylation is 2. The molecule has 0 bridgehead atoms. The van der Waals surface area contributed by atoms with Crippen molar-refractivity contribution in [2.45, 2.75) is 46.6 Å². The molecule has 1 unspecified atom stereocenters. The van der Waals surface area contributed by atoms with Crippen LogP contribution in [0, 0.1) is 19.3 Å². The third-order valence-electron chi connectivity index (χ3n) is 5.92. The van der Waals surface area contributed by atoms with Crippen LogP contribution in [0.25, 0.3) is 0 Å². The van der Waals surface area contributed by atoms with E-state index in [2.05, 4.69) is 18.1 Å². The van der Waals surface area contributed by atoms with Crippen LogP contribution in [-0.4, -0.2) is 40.5 Å². The lowest BCUT2D eigenvalue weighted by molar-refractivity contribution is -0.135. The number of hydrogen-bond acceptors (Lipinski definition) is 5. The number of carbonyl (C=O) groups excluding carboxylic acids is 1. The second-order valence-electron chi connectivity index (χ2n) is 8.50. The van der Waals surface area contributed by atoms with Crippen molar-refractivity contribution in [3.8, 4) is 11.5 Å². The Labute approximate surface area is 170 Å². The van der Waals surface area contributed by atoms with Crippen LogP contribution in [-0.2, 0) is 17.8 Å². The highest BCUT2D eigenvalue weighted by Crippen LogP contribution is 2.37. The summed E-state index contributed by atoms with van der Waals surface area (Å²) in [5.74, 6) is 1.51. The van der Waals surface area contributed by atoms with Crippen LogP contribution in [0.2, 0.25) is 0 Å². The number of ether oxygens (including phenoxy) is 2. The number of carbonyl (C=O) groups is 1. The van der Waals surface area contributed by atoms with Crippen LogP contribution in [0.4, 0.5) is 0 Å². The van der Waals surface area contributed by atoms with E-state index in [0.717, 1.165) is 48.6 Å². The minimum Gasteiger partial charge on any atom is -0.454 e. The number of benzene rings is 1. The predicted molar refractivity (Wildman–Crippen MR) is 108 cm³/mol. The van der Waals surface area contributed by atoms with Crippen molar-refractivity contribution in [3.63, 3.8) is 0 Å². The minimum absolute atomic E-state index is 0.0138. The largest absolute Gasteiger partial charge is 0.454 e. The molecule has 7 heteroatoms. The Morgan fingerprint density at radius 2 is 2.00 bits per heavy atom. The van der Waals surface area contributed by atoms with Gasteiger partial charge in [-0.15, -0.1) is 0 Å². The zero-order valence-corrected chi connectivity index (χ0v) is 17.2. The molecule has 0 N–H and O–H groups in total. The van der Waals surface area contributed by atoms with Gasteiger partial charge >= 0.3 is 0 Å². The Morgan fingerprint density at radius 3 is 2.83 bits per heavy atom. The van der Waals surface area contributed by atoms with Gasteiger partial charge in [0.05, 0.1) is 5.69 Å². The summed E-state index contributed by atoms with van der Waals surface area (Å²) in [7, 11) is 0. The van der Waals surface area contributed by atoms with Gasteiger partial charge in [-0.2, -0.15) is 5.10 Å². The maximum atomic E-state index is 12.9. The normalized spacial score (nSPS) is 20.7. The van der Waals surface area contributed by atoms with Gasteiger partial charge in [0.25, 0.3) is 5.56 Å². The number of nitrogens with zero attached hydrogens (tertiary/aromatic N) is 3. The molecule has 4 rings (SSSR count). The number of rotatable bonds is 4. The van der Waals surface area contributed by atoms with E-state index in [-0.39, 0.29) is 30.2 Å². The Bertz CT molecular complexity index is 1000. The fourth-order valence-electron chi connectivity index (χ4n) is 4.23. The lowest BCUT2D eigenvalue weighted by Crippen LogP contribution is -2.47. The second kappa shape index (κ2) is 7.54. The van der Waals surface area contributed by atoms with E-state index in [1.54, 1.807) is 0 Å². The zero-order valence-electron chi connectivity index (χ0n) is 17.2. The molecule has 3 heterocycles. The van der Waals surface area contributed by atoms with Gasteiger partial charge in [-0.25, -0.2) is 4.68 Å². The van der Waals surface area contributed by atoms with Crippen LogP contribution in [0.1, 0.15) is 36.6 Å². The minimum atomic E-state index is -0.235. The molecule has 0 aliphatic carbocycles. The first-order valence-electron chi connectivity index (χ1n) is 10.0. The highest BCUT2D eigenvalue weighted by molar-refractivity contribution is 5.76. The molecule has 1 aromatic heterocycles. The fraction of sp³-hybridized carbons (Fsp3) is 0.500. The molecule has 154 valence electrons. The molecular weight excluding hydrogens is 370 g/mol. The van der Waals surface area contributed by atoms with E-state index in [1.165, 1.54) is 16.3 Å². The SMILES string of the molecule is Cc1cc(=O)n(CC(=O)N2CCCC(C)(Cc3ccc4c(c3)OCO4)C2)nc1C. The van der Waals surface area contributed by atoms with Crippen molar-refractivity contribution >= 4 is 5.91 Å². The van der Waals surface area contributed by atoms with Gasteiger partial charge in [0.2, 0.25) is 12.7 Å².